The van der Waals surface area contributed by atoms with Gasteiger partial charge in [0.15, 0.2) is 5.82 Å². The number of rotatable bonds is 5. The number of aromatic nitrogens is 2. The number of amides is 2. The molecular formula is C22H19ClN4O2S. The highest BCUT2D eigenvalue weighted by Gasteiger charge is 2.17. The molecule has 0 spiro atoms. The lowest BCUT2D eigenvalue weighted by atomic mass is 10.2. The Kier molecular flexibility index (Phi) is 5.83. The van der Waals surface area contributed by atoms with Crippen LogP contribution in [0.3, 0.4) is 0 Å². The topological polar surface area (TPSA) is 76.0 Å². The van der Waals surface area contributed by atoms with Crippen molar-refractivity contribution in [2.45, 2.75) is 19.9 Å². The number of hydrogen-bond donors (Lipinski definition) is 2. The molecule has 2 amide bonds. The second kappa shape index (κ2) is 8.69. The van der Waals surface area contributed by atoms with E-state index in [-0.39, 0.29) is 5.91 Å². The average Bonchev–Trinajstić information content (AvgIpc) is 3.37. The number of aryl methyl sites for hydroxylation is 1. The number of thiophene rings is 1. The Morgan fingerprint density at radius 2 is 1.83 bits per heavy atom. The zero-order chi connectivity index (χ0) is 21.1. The monoisotopic (exact) mass is 438 g/mol. The Morgan fingerprint density at radius 1 is 1.03 bits per heavy atom. The summed E-state index contributed by atoms with van der Waals surface area (Å²) in [6.45, 7) is 2.96. The maximum atomic E-state index is 12.5. The largest absolute Gasteiger partial charge is 0.323 e. The van der Waals surface area contributed by atoms with Crippen LogP contribution in [-0.4, -0.2) is 21.4 Å². The minimum Gasteiger partial charge on any atom is -0.323 e. The Hall–Kier alpha value is -3.16. The van der Waals surface area contributed by atoms with Gasteiger partial charge in [-0.1, -0.05) is 36.7 Å². The van der Waals surface area contributed by atoms with Crippen LogP contribution in [0, 0.1) is 0 Å². The van der Waals surface area contributed by atoms with Crippen molar-refractivity contribution in [2.75, 3.05) is 0 Å². The highest BCUT2D eigenvalue weighted by atomic mass is 35.5. The number of para-hydroxylation sites is 2. The molecule has 0 fully saturated rings. The molecule has 2 N–H and O–H groups in total. The van der Waals surface area contributed by atoms with E-state index in [0.29, 0.717) is 15.5 Å². The third kappa shape index (κ3) is 4.08. The average molecular weight is 439 g/mol. The second-order valence-corrected chi connectivity index (χ2v) is 8.18. The molecule has 0 saturated heterocycles. The molecule has 0 aliphatic carbocycles. The number of benzene rings is 2. The van der Waals surface area contributed by atoms with Crippen LogP contribution in [0.2, 0.25) is 5.02 Å². The summed E-state index contributed by atoms with van der Waals surface area (Å²) in [5.74, 6) is 0.0113. The predicted octanol–water partition coefficient (Wildman–Crippen LogP) is 4.90. The minimum absolute atomic E-state index is 0.364. The highest BCUT2D eigenvalue weighted by molar-refractivity contribution is 7.17. The number of hydrogen-bond acceptors (Lipinski definition) is 4. The van der Waals surface area contributed by atoms with Gasteiger partial charge in [-0.3, -0.25) is 20.4 Å². The van der Waals surface area contributed by atoms with Gasteiger partial charge in [0.1, 0.15) is 0 Å². The number of hydrazine groups is 1. The molecule has 0 bridgehead atoms. The van der Waals surface area contributed by atoms with E-state index in [2.05, 4.69) is 22.3 Å². The molecule has 8 heteroatoms. The maximum absolute atomic E-state index is 12.5. The molecule has 4 rings (SSSR count). The van der Waals surface area contributed by atoms with Crippen LogP contribution < -0.4 is 10.9 Å². The molecule has 4 aromatic rings. The molecule has 0 radical (unpaired) electrons. The maximum Gasteiger partial charge on any atom is 0.279 e. The quantitative estimate of drug-likeness (QED) is 0.435. The van der Waals surface area contributed by atoms with Gasteiger partial charge in [-0.2, -0.15) is 0 Å². The summed E-state index contributed by atoms with van der Waals surface area (Å²) in [4.78, 5) is 30.8. The Bertz CT molecular complexity index is 1230. The van der Waals surface area contributed by atoms with Crippen LogP contribution in [0.1, 0.15) is 33.4 Å². The van der Waals surface area contributed by atoms with E-state index in [1.807, 2.05) is 30.3 Å². The number of nitrogens with zero attached hydrogens (tertiary/aromatic N) is 2. The third-order valence-corrected chi connectivity index (χ3v) is 5.84. The first kappa shape index (κ1) is 20.1. The van der Waals surface area contributed by atoms with Crippen LogP contribution in [0.4, 0.5) is 0 Å². The minimum atomic E-state index is -0.438. The molecule has 6 nitrogen and oxygen atoms in total. The molecule has 0 aliphatic heterocycles. The number of carbonyl (C=O) groups excluding carboxylic acids is 2. The number of carbonyl (C=O) groups is 2. The van der Waals surface area contributed by atoms with Crippen molar-refractivity contribution in [1.29, 1.82) is 0 Å². The number of imidazole rings is 1. The smallest absolute Gasteiger partial charge is 0.279 e. The fraction of sp³-hybridized carbons (Fsp3) is 0.136. The van der Waals surface area contributed by atoms with E-state index in [9.17, 15) is 9.59 Å². The van der Waals surface area contributed by atoms with Crippen molar-refractivity contribution >= 4 is 45.8 Å². The molecule has 2 aromatic carbocycles. The molecule has 0 unspecified atom stereocenters. The summed E-state index contributed by atoms with van der Waals surface area (Å²) in [5, 5.41) is 0.451. The summed E-state index contributed by atoms with van der Waals surface area (Å²) in [5.41, 5.74) is 7.23. The SMILES string of the molecule is CCCn1c(-c2ccc(C(=O)NNC(=O)c3cccc(Cl)c3)s2)nc2ccccc21. The fourth-order valence-corrected chi connectivity index (χ4v) is 4.26. The fourth-order valence-electron chi connectivity index (χ4n) is 3.17. The molecule has 0 aliphatic rings. The molecule has 2 aromatic heterocycles. The lowest BCUT2D eigenvalue weighted by molar-refractivity contribution is 0.0849. The van der Waals surface area contributed by atoms with Gasteiger partial charge in [-0.05, 0) is 48.9 Å². The van der Waals surface area contributed by atoms with Crippen molar-refractivity contribution in [3.63, 3.8) is 0 Å². The molecule has 30 heavy (non-hydrogen) atoms. The van der Waals surface area contributed by atoms with Gasteiger partial charge in [-0.25, -0.2) is 4.98 Å². The highest BCUT2D eigenvalue weighted by Crippen LogP contribution is 2.30. The standard InChI is InChI=1S/C22H19ClN4O2S/c1-2-12-27-17-9-4-3-8-16(17)24-20(27)18-10-11-19(30-18)22(29)26-25-21(28)14-6-5-7-15(23)13-14/h3-11,13H,2,12H2,1H3,(H,25,28)(H,26,29). The van der Waals surface area contributed by atoms with Crippen molar-refractivity contribution in [2.24, 2.45) is 0 Å². The normalized spacial score (nSPS) is 10.9. The second-order valence-electron chi connectivity index (χ2n) is 6.66. The van der Waals surface area contributed by atoms with Crippen LogP contribution in [-0.2, 0) is 6.54 Å². The summed E-state index contributed by atoms with van der Waals surface area (Å²) in [6, 6.07) is 18.1. The molecular weight excluding hydrogens is 420 g/mol. The van der Waals surface area contributed by atoms with Gasteiger partial charge >= 0.3 is 0 Å². The van der Waals surface area contributed by atoms with Crippen LogP contribution in [0.25, 0.3) is 21.7 Å². The Labute approximate surface area is 182 Å². The Morgan fingerprint density at radius 3 is 2.63 bits per heavy atom. The first-order valence-corrected chi connectivity index (χ1v) is 10.7. The zero-order valence-corrected chi connectivity index (χ0v) is 17.8. The van der Waals surface area contributed by atoms with E-state index in [0.717, 1.165) is 34.7 Å². The first-order chi connectivity index (χ1) is 14.6. The van der Waals surface area contributed by atoms with Crippen molar-refractivity contribution in [1.82, 2.24) is 20.4 Å². The lowest BCUT2D eigenvalue weighted by Gasteiger charge is -2.07. The van der Waals surface area contributed by atoms with Crippen LogP contribution in [0.5, 0.6) is 0 Å². The van der Waals surface area contributed by atoms with E-state index in [4.69, 9.17) is 16.6 Å². The van der Waals surface area contributed by atoms with Crippen LogP contribution >= 0.6 is 22.9 Å². The van der Waals surface area contributed by atoms with E-state index in [1.165, 1.54) is 17.4 Å². The number of fused-ring (bicyclic) bond motifs is 1. The molecule has 2 heterocycles. The van der Waals surface area contributed by atoms with E-state index < -0.39 is 5.91 Å². The molecule has 0 saturated carbocycles. The van der Waals surface area contributed by atoms with Gasteiger partial charge < -0.3 is 4.57 Å². The van der Waals surface area contributed by atoms with E-state index >= 15 is 0 Å². The number of nitrogens with one attached hydrogen (secondary N) is 2. The lowest BCUT2D eigenvalue weighted by Crippen LogP contribution is -2.41. The molecule has 152 valence electrons. The van der Waals surface area contributed by atoms with Gasteiger partial charge in [0.2, 0.25) is 0 Å². The van der Waals surface area contributed by atoms with Crippen molar-refractivity contribution < 1.29 is 9.59 Å². The third-order valence-electron chi connectivity index (χ3n) is 4.53. The van der Waals surface area contributed by atoms with Crippen LogP contribution in [0.15, 0.2) is 60.7 Å². The predicted molar refractivity (Wildman–Crippen MR) is 120 cm³/mol. The van der Waals surface area contributed by atoms with Crippen molar-refractivity contribution in [3.8, 4) is 10.7 Å². The summed E-state index contributed by atoms with van der Waals surface area (Å²) < 4.78 is 2.17. The number of halogens is 1. The van der Waals surface area contributed by atoms with Gasteiger partial charge in [0.05, 0.1) is 20.8 Å². The zero-order valence-electron chi connectivity index (χ0n) is 16.2. The van der Waals surface area contributed by atoms with Gasteiger partial charge in [-0.15, -0.1) is 11.3 Å². The first-order valence-electron chi connectivity index (χ1n) is 9.48. The summed E-state index contributed by atoms with van der Waals surface area (Å²) in [7, 11) is 0. The van der Waals surface area contributed by atoms with Gasteiger partial charge in [0, 0.05) is 17.1 Å². The Balaban J connectivity index is 1.51. The van der Waals surface area contributed by atoms with E-state index in [1.54, 1.807) is 24.3 Å². The summed E-state index contributed by atoms with van der Waals surface area (Å²) in [6.07, 6.45) is 0.974. The molecule has 0 atom stereocenters. The van der Waals surface area contributed by atoms with Crippen molar-refractivity contribution in [3.05, 3.63) is 76.1 Å². The van der Waals surface area contributed by atoms with Gasteiger partial charge in [0.25, 0.3) is 11.8 Å². The summed E-state index contributed by atoms with van der Waals surface area (Å²) >= 11 is 7.23.